The van der Waals surface area contributed by atoms with Crippen LogP contribution in [0.5, 0.6) is 23.0 Å². The summed E-state index contributed by atoms with van der Waals surface area (Å²) in [5.74, 6) is 1.67. The number of hydrogen-bond acceptors (Lipinski definition) is 4. The minimum atomic E-state index is 0.166. The van der Waals surface area contributed by atoms with E-state index in [1.54, 1.807) is 38.5 Å². The standard InChI is InChI=1S/C30H28O4/c1-33-29-23-11-5-12-24(29)16-20-8-4-10-22(28(20)32)18-26-14-6-13-25(30(26)34-2)17-21-9-3-7-19(15-23)27(21)31/h3-14,31-32H,15-18H2,1-2H3/i3D,4D. The Bertz CT molecular complexity index is 1260. The maximum Gasteiger partial charge on any atom is 0.125 e. The molecule has 1 aliphatic rings. The Balaban J connectivity index is 1.77. The van der Waals surface area contributed by atoms with E-state index < -0.39 is 0 Å². The summed E-state index contributed by atoms with van der Waals surface area (Å²) in [4.78, 5) is 0. The van der Waals surface area contributed by atoms with Gasteiger partial charge in [0.05, 0.1) is 17.0 Å². The molecule has 0 heterocycles. The molecule has 0 aliphatic heterocycles. The van der Waals surface area contributed by atoms with Crippen LogP contribution in [0.1, 0.15) is 47.2 Å². The molecular weight excluding hydrogens is 424 g/mol. The number of fused-ring (bicyclic) bond motifs is 8. The molecule has 0 atom stereocenters. The quantitative estimate of drug-likeness (QED) is 0.354. The fourth-order valence-corrected chi connectivity index (χ4v) is 4.89. The average molecular weight is 455 g/mol. The molecule has 4 heteroatoms. The Morgan fingerprint density at radius 1 is 0.529 bits per heavy atom. The van der Waals surface area contributed by atoms with Crippen LogP contribution in [0.15, 0.2) is 72.7 Å². The fraction of sp³-hybridized carbons (Fsp3) is 0.200. The van der Waals surface area contributed by atoms with Crippen molar-refractivity contribution >= 4 is 0 Å². The number of para-hydroxylation sites is 4. The summed E-state index contributed by atoms with van der Waals surface area (Å²) < 4.78 is 28.4. The summed E-state index contributed by atoms with van der Waals surface area (Å²) in [5, 5.41) is 22.5. The molecule has 4 aromatic carbocycles. The molecule has 4 nitrogen and oxygen atoms in total. The van der Waals surface area contributed by atoms with Crippen molar-refractivity contribution in [3.8, 4) is 23.0 Å². The number of hydrogen-bond donors (Lipinski definition) is 2. The van der Waals surface area contributed by atoms with Crippen molar-refractivity contribution < 1.29 is 22.4 Å². The van der Waals surface area contributed by atoms with Gasteiger partial charge in [-0.05, 0) is 44.5 Å². The lowest BCUT2D eigenvalue weighted by atomic mass is 9.91. The third kappa shape index (κ3) is 3.96. The fourth-order valence-electron chi connectivity index (χ4n) is 4.89. The monoisotopic (exact) mass is 454 g/mol. The first-order valence-electron chi connectivity index (χ1n) is 12.3. The van der Waals surface area contributed by atoms with Crippen molar-refractivity contribution in [2.24, 2.45) is 0 Å². The van der Waals surface area contributed by atoms with Gasteiger partial charge in [0, 0.05) is 25.7 Å². The Kier molecular flexibility index (Phi) is 5.25. The second-order valence-electron chi connectivity index (χ2n) is 8.63. The van der Waals surface area contributed by atoms with Crippen LogP contribution >= 0.6 is 0 Å². The maximum absolute atomic E-state index is 11.2. The summed E-state index contributed by atoms with van der Waals surface area (Å²) >= 11 is 0. The Hall–Kier alpha value is -3.92. The van der Waals surface area contributed by atoms with Crippen LogP contribution in [0.2, 0.25) is 0 Å². The van der Waals surface area contributed by atoms with Crippen molar-refractivity contribution in [3.05, 3.63) is 117 Å². The summed E-state index contributed by atoms with van der Waals surface area (Å²) in [7, 11) is 3.22. The Morgan fingerprint density at radius 2 is 0.824 bits per heavy atom. The molecule has 34 heavy (non-hydrogen) atoms. The van der Waals surface area contributed by atoms with Gasteiger partial charge in [-0.25, -0.2) is 0 Å². The maximum atomic E-state index is 11.2. The van der Waals surface area contributed by atoms with Crippen LogP contribution < -0.4 is 9.47 Å². The van der Waals surface area contributed by atoms with E-state index in [9.17, 15) is 10.2 Å². The third-order valence-electron chi connectivity index (χ3n) is 6.54. The highest BCUT2D eigenvalue weighted by Crippen LogP contribution is 2.37. The van der Waals surface area contributed by atoms with Crippen molar-refractivity contribution in [1.82, 2.24) is 0 Å². The first-order valence-corrected chi connectivity index (χ1v) is 11.3. The number of methoxy groups -OCH3 is 2. The van der Waals surface area contributed by atoms with Crippen LogP contribution in [0.25, 0.3) is 0 Å². The van der Waals surface area contributed by atoms with Crippen molar-refractivity contribution in [1.29, 1.82) is 0 Å². The number of phenols is 2. The average Bonchev–Trinajstić information content (AvgIpc) is 2.84. The Morgan fingerprint density at radius 3 is 1.09 bits per heavy atom. The van der Waals surface area contributed by atoms with Crippen molar-refractivity contribution in [2.45, 2.75) is 25.7 Å². The van der Waals surface area contributed by atoms with E-state index in [1.807, 2.05) is 36.4 Å². The van der Waals surface area contributed by atoms with Crippen molar-refractivity contribution in [3.63, 3.8) is 0 Å². The van der Waals surface area contributed by atoms with E-state index >= 15 is 0 Å². The number of rotatable bonds is 2. The van der Waals surface area contributed by atoms with Gasteiger partial charge in [0.25, 0.3) is 0 Å². The first kappa shape index (κ1) is 19.5. The van der Waals surface area contributed by atoms with Gasteiger partial charge in [0.15, 0.2) is 0 Å². The molecule has 0 amide bonds. The molecule has 0 radical (unpaired) electrons. The highest BCUT2D eigenvalue weighted by atomic mass is 16.5. The van der Waals surface area contributed by atoms with E-state index in [0.717, 1.165) is 22.3 Å². The van der Waals surface area contributed by atoms with Gasteiger partial charge in [-0.3, -0.25) is 0 Å². The zero-order chi connectivity index (χ0) is 25.4. The number of ether oxygens (including phenoxy) is 2. The van der Waals surface area contributed by atoms with Crippen molar-refractivity contribution in [2.75, 3.05) is 14.2 Å². The highest BCUT2D eigenvalue weighted by molar-refractivity contribution is 5.55. The Labute approximate surface area is 202 Å². The van der Waals surface area contributed by atoms with Gasteiger partial charge in [-0.1, -0.05) is 72.7 Å². The molecule has 4 aromatic rings. The van der Waals surface area contributed by atoms with E-state index in [1.165, 1.54) is 0 Å². The normalized spacial score (nSPS) is 13.6. The van der Waals surface area contributed by atoms with Crippen LogP contribution in [-0.4, -0.2) is 24.4 Å². The zero-order valence-corrected chi connectivity index (χ0v) is 19.3. The van der Waals surface area contributed by atoms with E-state index in [2.05, 4.69) is 0 Å². The summed E-state index contributed by atoms with van der Waals surface area (Å²) in [5.41, 5.74) is 6.07. The first-order chi connectivity index (χ1) is 17.4. The predicted octanol–water partition coefficient (Wildman–Crippen LogP) is 5.79. The molecule has 0 saturated heterocycles. The third-order valence-corrected chi connectivity index (χ3v) is 6.54. The molecule has 5 rings (SSSR count). The summed E-state index contributed by atoms with van der Waals surface area (Å²) in [6, 6.07) is 19.0. The van der Waals surface area contributed by atoms with Gasteiger partial charge in [0.2, 0.25) is 0 Å². The minimum absolute atomic E-state index is 0.166. The summed E-state index contributed by atoms with van der Waals surface area (Å²) in [6.07, 6.45) is 1.54. The zero-order valence-electron chi connectivity index (χ0n) is 21.3. The molecule has 0 aromatic heterocycles. The smallest absolute Gasteiger partial charge is 0.125 e. The second-order valence-corrected chi connectivity index (χ2v) is 8.63. The number of phenolic OH excluding ortho intramolecular Hbond substituents is 2. The van der Waals surface area contributed by atoms with E-state index in [0.29, 0.717) is 71.5 Å². The molecular formula is C30H28O4. The molecule has 172 valence electrons. The highest BCUT2D eigenvalue weighted by Gasteiger charge is 2.19. The molecule has 1 aliphatic carbocycles. The van der Waals surface area contributed by atoms with Crippen LogP contribution in [0.4, 0.5) is 0 Å². The molecule has 2 N–H and O–H groups in total. The van der Waals surface area contributed by atoms with Gasteiger partial charge in [0.1, 0.15) is 23.0 Å². The lowest BCUT2D eigenvalue weighted by molar-refractivity contribution is 0.404. The molecule has 0 saturated carbocycles. The van der Waals surface area contributed by atoms with Gasteiger partial charge < -0.3 is 19.7 Å². The minimum Gasteiger partial charge on any atom is -0.507 e. The largest absolute Gasteiger partial charge is 0.507 e. The SMILES string of the molecule is [2H]c1cc2c(O)c(c1)Cc1cccc(c1OC)Cc1cc([2H])cc(c1O)Cc1cccc(c1OC)C2. The lowest BCUT2D eigenvalue weighted by Gasteiger charge is -2.19. The molecule has 0 fully saturated rings. The van der Waals surface area contributed by atoms with Crippen LogP contribution in [-0.2, 0) is 25.7 Å². The number of aromatic hydroxyl groups is 2. The predicted molar refractivity (Wildman–Crippen MR) is 133 cm³/mol. The van der Waals surface area contributed by atoms with Gasteiger partial charge >= 0.3 is 0 Å². The second kappa shape index (κ2) is 9.14. The number of benzene rings is 4. The molecule has 0 spiro atoms. The molecule has 8 bridgehead atoms. The van der Waals surface area contributed by atoms with E-state index in [-0.39, 0.29) is 11.5 Å². The van der Waals surface area contributed by atoms with E-state index in [4.69, 9.17) is 12.2 Å². The summed E-state index contributed by atoms with van der Waals surface area (Å²) in [6.45, 7) is 0. The lowest BCUT2D eigenvalue weighted by Crippen LogP contribution is -2.03. The van der Waals surface area contributed by atoms with Gasteiger partial charge in [-0.15, -0.1) is 0 Å². The van der Waals surface area contributed by atoms with Crippen LogP contribution in [0.3, 0.4) is 0 Å². The van der Waals surface area contributed by atoms with Crippen LogP contribution in [0, 0.1) is 0 Å². The molecule has 0 unspecified atom stereocenters. The topological polar surface area (TPSA) is 58.9 Å². The van der Waals surface area contributed by atoms with Gasteiger partial charge in [-0.2, -0.15) is 0 Å².